The van der Waals surface area contributed by atoms with Gasteiger partial charge in [0, 0.05) is 0 Å². The predicted molar refractivity (Wildman–Crippen MR) is 59.6 cm³/mol. The van der Waals surface area contributed by atoms with E-state index in [4.69, 9.17) is 4.74 Å². The molecule has 0 aromatic heterocycles. The molecule has 1 aromatic carbocycles. The fourth-order valence-electron chi connectivity index (χ4n) is 1.28. The van der Waals surface area contributed by atoms with Crippen LogP contribution in [0.25, 0.3) is 0 Å². The number of hydrogen-bond donors (Lipinski definition) is 0. The van der Waals surface area contributed by atoms with Crippen LogP contribution in [-0.4, -0.2) is 6.61 Å². The summed E-state index contributed by atoms with van der Waals surface area (Å²) in [6.45, 7) is 7.27. The quantitative estimate of drug-likeness (QED) is 0.692. The van der Waals surface area contributed by atoms with Crippen molar-refractivity contribution in [1.29, 1.82) is 0 Å². The monoisotopic (exact) mass is 191 g/mol. The van der Waals surface area contributed by atoms with Crippen molar-refractivity contribution < 1.29 is 4.74 Å². The molecule has 0 saturated carbocycles. The predicted octanol–water partition coefficient (Wildman–Crippen LogP) is 3.47. The van der Waals surface area contributed by atoms with Gasteiger partial charge in [-0.15, -0.1) is 0 Å². The highest BCUT2D eigenvalue weighted by molar-refractivity contribution is 5.27. The average Bonchev–Trinajstić information content (AvgIpc) is 2.16. The molecule has 1 nitrogen and oxygen atoms in total. The van der Waals surface area contributed by atoms with E-state index < -0.39 is 0 Å². The van der Waals surface area contributed by atoms with Gasteiger partial charge in [-0.05, 0) is 36.1 Å². The van der Waals surface area contributed by atoms with Crippen molar-refractivity contribution in [1.82, 2.24) is 0 Å². The topological polar surface area (TPSA) is 9.23 Å². The van der Waals surface area contributed by atoms with Gasteiger partial charge in [0.1, 0.15) is 5.75 Å². The van der Waals surface area contributed by atoms with Crippen molar-refractivity contribution in [3.05, 3.63) is 29.8 Å². The first-order chi connectivity index (χ1) is 6.72. The van der Waals surface area contributed by atoms with Gasteiger partial charge in [0.15, 0.2) is 0 Å². The Labute approximate surface area is 87.1 Å². The first-order valence-electron chi connectivity index (χ1n) is 5.35. The summed E-state index contributed by atoms with van der Waals surface area (Å²) in [4.78, 5) is 0. The van der Waals surface area contributed by atoms with Crippen LogP contribution in [0.3, 0.4) is 0 Å². The lowest BCUT2D eigenvalue weighted by atomic mass is 10.1. The van der Waals surface area contributed by atoms with Gasteiger partial charge in [-0.2, -0.15) is 0 Å². The molecule has 1 heteroatoms. The average molecular weight is 191 g/mol. The molecular formula is C13H19O. The minimum atomic E-state index is 0.574. The second-order valence-electron chi connectivity index (χ2n) is 4.03. The Morgan fingerprint density at radius 3 is 2.79 bits per heavy atom. The van der Waals surface area contributed by atoms with Crippen molar-refractivity contribution in [3.63, 3.8) is 0 Å². The standard InChI is InChI=1S/C13H19O/c1-4-6-12-7-5-8-13(9-12)14-10-11(2)3/h7-9,11H,4,6,10H2,1-3H3. The van der Waals surface area contributed by atoms with Gasteiger partial charge >= 0.3 is 0 Å². The molecule has 0 fully saturated rings. The molecule has 1 rings (SSSR count). The van der Waals surface area contributed by atoms with Crippen LogP contribution in [0.5, 0.6) is 5.75 Å². The van der Waals surface area contributed by atoms with Crippen molar-refractivity contribution in [3.8, 4) is 5.75 Å². The molecule has 0 saturated heterocycles. The largest absolute Gasteiger partial charge is 0.493 e. The highest BCUT2D eigenvalue weighted by Gasteiger charge is 1.98. The number of aryl methyl sites for hydroxylation is 1. The van der Waals surface area contributed by atoms with E-state index in [2.05, 4.69) is 32.9 Å². The number of ether oxygens (including phenoxy) is 1. The molecule has 14 heavy (non-hydrogen) atoms. The van der Waals surface area contributed by atoms with Crippen molar-refractivity contribution in [2.45, 2.75) is 33.6 Å². The fraction of sp³-hybridized carbons (Fsp3) is 0.538. The summed E-state index contributed by atoms with van der Waals surface area (Å²) < 4.78 is 5.62. The maximum atomic E-state index is 5.62. The summed E-state index contributed by atoms with van der Waals surface area (Å²) in [5, 5.41) is 0. The zero-order chi connectivity index (χ0) is 10.4. The third-order valence-electron chi connectivity index (χ3n) is 1.94. The molecule has 1 aromatic rings. The number of benzene rings is 1. The van der Waals surface area contributed by atoms with E-state index in [1.807, 2.05) is 12.1 Å². The Balaban J connectivity index is 2.54. The van der Waals surface area contributed by atoms with Crippen LogP contribution >= 0.6 is 0 Å². The van der Waals surface area contributed by atoms with E-state index in [1.54, 1.807) is 0 Å². The molecule has 77 valence electrons. The van der Waals surface area contributed by atoms with Crippen LogP contribution in [0.2, 0.25) is 0 Å². The van der Waals surface area contributed by atoms with Gasteiger partial charge in [0.05, 0.1) is 6.61 Å². The Bertz CT molecular complexity index is 266. The number of hydrogen-bond acceptors (Lipinski definition) is 1. The smallest absolute Gasteiger partial charge is 0.120 e. The lowest BCUT2D eigenvalue weighted by Crippen LogP contribution is -2.04. The fourth-order valence-corrected chi connectivity index (χ4v) is 1.28. The molecule has 0 aliphatic heterocycles. The SMILES string of the molecule is CCCc1c[c]cc(OCC(C)C)c1. The zero-order valence-electron chi connectivity index (χ0n) is 9.34. The molecule has 1 radical (unpaired) electrons. The van der Waals surface area contributed by atoms with Crippen LogP contribution < -0.4 is 4.74 Å². The maximum absolute atomic E-state index is 5.62. The second-order valence-corrected chi connectivity index (χ2v) is 4.03. The Kier molecular flexibility index (Phi) is 4.51. The van der Waals surface area contributed by atoms with E-state index >= 15 is 0 Å². The van der Waals surface area contributed by atoms with Gasteiger partial charge in [-0.25, -0.2) is 0 Å². The zero-order valence-corrected chi connectivity index (χ0v) is 9.34. The summed E-state index contributed by atoms with van der Waals surface area (Å²) >= 11 is 0. The molecule has 0 N–H and O–H groups in total. The highest BCUT2D eigenvalue weighted by atomic mass is 16.5. The normalized spacial score (nSPS) is 10.6. The van der Waals surface area contributed by atoms with E-state index in [1.165, 1.54) is 12.0 Å². The summed E-state index contributed by atoms with van der Waals surface area (Å²) in [5.74, 6) is 1.52. The van der Waals surface area contributed by atoms with Crippen LogP contribution in [0.1, 0.15) is 32.8 Å². The van der Waals surface area contributed by atoms with Gasteiger partial charge < -0.3 is 4.74 Å². The van der Waals surface area contributed by atoms with E-state index in [0.717, 1.165) is 18.8 Å². The highest BCUT2D eigenvalue weighted by Crippen LogP contribution is 2.14. The Hall–Kier alpha value is -0.980. The summed E-state index contributed by atoms with van der Waals surface area (Å²) in [6, 6.07) is 9.16. The molecule has 0 heterocycles. The van der Waals surface area contributed by atoms with Gasteiger partial charge in [0.2, 0.25) is 0 Å². The minimum absolute atomic E-state index is 0.574. The summed E-state index contributed by atoms with van der Waals surface area (Å²) in [5.41, 5.74) is 1.31. The van der Waals surface area contributed by atoms with Crippen LogP contribution in [-0.2, 0) is 6.42 Å². The van der Waals surface area contributed by atoms with Gasteiger partial charge in [-0.1, -0.05) is 33.3 Å². The van der Waals surface area contributed by atoms with Crippen molar-refractivity contribution in [2.24, 2.45) is 5.92 Å². The summed E-state index contributed by atoms with van der Waals surface area (Å²) in [7, 11) is 0. The minimum Gasteiger partial charge on any atom is -0.493 e. The van der Waals surface area contributed by atoms with Crippen molar-refractivity contribution >= 4 is 0 Å². The second kappa shape index (κ2) is 5.69. The third kappa shape index (κ3) is 3.82. The Morgan fingerprint density at radius 2 is 2.14 bits per heavy atom. The van der Waals surface area contributed by atoms with Gasteiger partial charge in [0.25, 0.3) is 0 Å². The molecule has 0 amide bonds. The number of rotatable bonds is 5. The van der Waals surface area contributed by atoms with Gasteiger partial charge in [-0.3, -0.25) is 0 Å². The van der Waals surface area contributed by atoms with E-state index in [9.17, 15) is 0 Å². The lowest BCUT2D eigenvalue weighted by molar-refractivity contribution is 0.271. The van der Waals surface area contributed by atoms with E-state index in [-0.39, 0.29) is 0 Å². The first-order valence-corrected chi connectivity index (χ1v) is 5.35. The Morgan fingerprint density at radius 1 is 1.36 bits per heavy atom. The van der Waals surface area contributed by atoms with E-state index in [0.29, 0.717) is 5.92 Å². The molecule has 0 spiro atoms. The molecule has 0 aliphatic carbocycles. The molecule has 0 atom stereocenters. The molecule has 0 unspecified atom stereocenters. The van der Waals surface area contributed by atoms with Crippen molar-refractivity contribution in [2.75, 3.05) is 6.61 Å². The van der Waals surface area contributed by atoms with Crippen LogP contribution in [0.15, 0.2) is 18.2 Å². The first kappa shape index (κ1) is 11.1. The molecule has 0 bridgehead atoms. The maximum Gasteiger partial charge on any atom is 0.120 e. The lowest BCUT2D eigenvalue weighted by Gasteiger charge is -2.09. The van der Waals surface area contributed by atoms with Crippen LogP contribution in [0, 0.1) is 12.0 Å². The van der Waals surface area contributed by atoms with Crippen LogP contribution in [0.4, 0.5) is 0 Å². The molecule has 0 aliphatic rings. The summed E-state index contributed by atoms with van der Waals surface area (Å²) in [6.07, 6.45) is 2.27. The molecular weight excluding hydrogens is 172 g/mol. The third-order valence-corrected chi connectivity index (χ3v) is 1.94.